The zero-order valence-electron chi connectivity index (χ0n) is 8.33. The van der Waals surface area contributed by atoms with E-state index in [1.807, 2.05) is 19.1 Å². The second kappa shape index (κ2) is 2.32. The Labute approximate surface area is 78.6 Å². The molecule has 2 rings (SSSR count). The van der Waals surface area contributed by atoms with Gasteiger partial charge in [0.1, 0.15) is 5.60 Å². The number of hydrogen-bond acceptors (Lipinski definition) is 2. The fraction of sp³-hybridized carbons (Fsp3) is 0.545. The van der Waals surface area contributed by atoms with Crippen molar-refractivity contribution in [2.45, 2.75) is 32.8 Å². The molecule has 1 aromatic heterocycles. The Morgan fingerprint density at radius 2 is 2.08 bits per heavy atom. The van der Waals surface area contributed by atoms with Gasteiger partial charge in [-0.1, -0.05) is 13.8 Å². The van der Waals surface area contributed by atoms with Crippen molar-refractivity contribution in [2.75, 3.05) is 0 Å². The fourth-order valence-electron chi connectivity index (χ4n) is 1.79. The van der Waals surface area contributed by atoms with Gasteiger partial charge in [-0.25, -0.2) is 0 Å². The molecular weight excluding hydrogens is 162 g/mol. The van der Waals surface area contributed by atoms with Crippen molar-refractivity contribution in [3.05, 3.63) is 29.6 Å². The molecule has 1 aliphatic rings. The van der Waals surface area contributed by atoms with Gasteiger partial charge in [-0.05, 0) is 31.0 Å². The number of hydrogen-bond donors (Lipinski definition) is 1. The highest BCUT2D eigenvalue weighted by molar-refractivity contribution is 5.29. The van der Waals surface area contributed by atoms with E-state index in [0.29, 0.717) is 0 Å². The van der Waals surface area contributed by atoms with Crippen molar-refractivity contribution >= 4 is 0 Å². The Morgan fingerprint density at radius 3 is 2.54 bits per heavy atom. The topological polar surface area (TPSA) is 33.1 Å². The maximum atomic E-state index is 10.2. The molecule has 1 aliphatic carbocycles. The Hall–Kier alpha value is -0.890. The number of aliphatic hydroxyl groups is 1. The molecule has 0 spiro atoms. The molecule has 0 radical (unpaired) electrons. The molecule has 2 heteroatoms. The molecule has 1 unspecified atom stereocenters. The van der Waals surface area contributed by atoms with Crippen LogP contribution >= 0.6 is 0 Å². The molecule has 1 atom stereocenters. The summed E-state index contributed by atoms with van der Waals surface area (Å²) in [6, 6.07) is 3.91. The second-order valence-corrected chi connectivity index (χ2v) is 4.64. The Kier molecular flexibility index (Phi) is 1.55. The maximum absolute atomic E-state index is 10.2. The van der Waals surface area contributed by atoms with Gasteiger partial charge in [0.25, 0.3) is 0 Å². The summed E-state index contributed by atoms with van der Waals surface area (Å²) in [5.74, 6) is 0. The van der Waals surface area contributed by atoms with E-state index in [4.69, 9.17) is 0 Å². The molecular formula is C11H15NO. The largest absolute Gasteiger partial charge is 0.383 e. The summed E-state index contributed by atoms with van der Waals surface area (Å²) in [5, 5.41) is 10.2. The van der Waals surface area contributed by atoms with Crippen LogP contribution in [0.15, 0.2) is 18.3 Å². The van der Waals surface area contributed by atoms with Gasteiger partial charge in [0, 0.05) is 11.6 Å². The van der Waals surface area contributed by atoms with Gasteiger partial charge in [0.05, 0.1) is 5.69 Å². The van der Waals surface area contributed by atoms with Crippen LogP contribution in [0.1, 0.15) is 31.5 Å². The van der Waals surface area contributed by atoms with Crippen LogP contribution in [-0.2, 0) is 5.60 Å². The van der Waals surface area contributed by atoms with Crippen LogP contribution in [-0.4, -0.2) is 10.1 Å². The van der Waals surface area contributed by atoms with Crippen LogP contribution < -0.4 is 0 Å². The van der Waals surface area contributed by atoms with Crippen molar-refractivity contribution < 1.29 is 5.11 Å². The average Bonchev–Trinajstić information content (AvgIpc) is 2.53. The van der Waals surface area contributed by atoms with Gasteiger partial charge in [-0.2, -0.15) is 0 Å². The minimum atomic E-state index is -0.682. The van der Waals surface area contributed by atoms with E-state index < -0.39 is 5.60 Å². The second-order valence-electron chi connectivity index (χ2n) is 4.64. The van der Waals surface area contributed by atoms with E-state index in [1.165, 1.54) is 0 Å². The average molecular weight is 177 g/mol. The normalized spacial score (nSPS) is 30.2. The summed E-state index contributed by atoms with van der Waals surface area (Å²) in [6.07, 6.45) is 2.58. The van der Waals surface area contributed by atoms with Gasteiger partial charge in [-0.3, -0.25) is 4.98 Å². The third-order valence-corrected chi connectivity index (χ3v) is 3.03. The number of pyridine rings is 1. The minimum absolute atomic E-state index is 0.00616. The van der Waals surface area contributed by atoms with Crippen molar-refractivity contribution in [3.8, 4) is 0 Å². The molecule has 1 saturated carbocycles. The Balaban J connectivity index is 2.38. The zero-order valence-corrected chi connectivity index (χ0v) is 8.33. The van der Waals surface area contributed by atoms with E-state index in [0.717, 1.165) is 17.7 Å². The van der Waals surface area contributed by atoms with Crippen molar-refractivity contribution in [2.24, 2.45) is 5.41 Å². The third kappa shape index (κ3) is 1.17. The number of nitrogens with zero attached hydrogens (tertiary/aromatic N) is 1. The summed E-state index contributed by atoms with van der Waals surface area (Å²) in [5.41, 5.74) is 1.28. The van der Waals surface area contributed by atoms with Crippen LogP contribution in [0.2, 0.25) is 0 Å². The summed E-state index contributed by atoms with van der Waals surface area (Å²) in [6.45, 7) is 6.15. The lowest BCUT2D eigenvalue weighted by molar-refractivity contribution is 0.104. The molecule has 2 nitrogen and oxygen atoms in total. The van der Waals surface area contributed by atoms with E-state index in [1.54, 1.807) is 6.20 Å². The van der Waals surface area contributed by atoms with Crippen LogP contribution in [0.3, 0.4) is 0 Å². The quantitative estimate of drug-likeness (QED) is 0.711. The first-order chi connectivity index (χ1) is 5.96. The summed E-state index contributed by atoms with van der Waals surface area (Å²) < 4.78 is 0. The van der Waals surface area contributed by atoms with Crippen molar-refractivity contribution in [1.82, 2.24) is 4.98 Å². The predicted octanol–water partition coefficient (Wildman–Crippen LogP) is 2.01. The van der Waals surface area contributed by atoms with E-state index in [9.17, 15) is 5.11 Å². The first-order valence-corrected chi connectivity index (χ1v) is 4.61. The zero-order chi connectivity index (χ0) is 9.69. The number of aryl methyl sites for hydroxylation is 1. The Bertz CT molecular complexity index is 346. The standard InChI is InChI=1S/C11H15NO/c1-8-4-5-12-9(6-8)11(13)7-10(11,2)3/h4-6,13H,7H2,1-3H3. The van der Waals surface area contributed by atoms with Crippen molar-refractivity contribution in [3.63, 3.8) is 0 Å². The number of rotatable bonds is 1. The number of aromatic nitrogens is 1. The summed E-state index contributed by atoms with van der Waals surface area (Å²) >= 11 is 0. The first kappa shape index (κ1) is 8.70. The molecule has 0 saturated heterocycles. The molecule has 0 amide bonds. The highest BCUT2D eigenvalue weighted by Gasteiger charge is 2.62. The molecule has 13 heavy (non-hydrogen) atoms. The molecule has 0 aromatic carbocycles. The lowest BCUT2D eigenvalue weighted by Gasteiger charge is -2.13. The SMILES string of the molecule is Cc1ccnc(C2(O)CC2(C)C)c1. The van der Waals surface area contributed by atoms with Crippen LogP contribution in [0, 0.1) is 12.3 Å². The smallest absolute Gasteiger partial charge is 0.112 e. The summed E-state index contributed by atoms with van der Waals surface area (Å²) in [4.78, 5) is 4.22. The molecule has 0 aliphatic heterocycles. The minimum Gasteiger partial charge on any atom is -0.383 e. The lowest BCUT2D eigenvalue weighted by Crippen LogP contribution is -2.14. The molecule has 1 aromatic rings. The lowest BCUT2D eigenvalue weighted by atomic mass is 10.0. The van der Waals surface area contributed by atoms with Gasteiger partial charge in [0.15, 0.2) is 0 Å². The third-order valence-electron chi connectivity index (χ3n) is 3.03. The highest BCUT2D eigenvalue weighted by Crippen LogP contribution is 2.61. The highest BCUT2D eigenvalue weighted by atomic mass is 16.3. The molecule has 70 valence electrons. The van der Waals surface area contributed by atoms with Gasteiger partial charge in [-0.15, -0.1) is 0 Å². The monoisotopic (exact) mass is 177 g/mol. The fourth-order valence-corrected chi connectivity index (χ4v) is 1.79. The molecule has 1 N–H and O–H groups in total. The van der Waals surface area contributed by atoms with Crippen LogP contribution in [0.25, 0.3) is 0 Å². The van der Waals surface area contributed by atoms with Gasteiger partial charge in [0.2, 0.25) is 0 Å². The van der Waals surface area contributed by atoms with Gasteiger partial charge >= 0.3 is 0 Å². The van der Waals surface area contributed by atoms with E-state index in [-0.39, 0.29) is 5.41 Å². The Morgan fingerprint density at radius 1 is 1.46 bits per heavy atom. The molecule has 1 heterocycles. The van der Waals surface area contributed by atoms with E-state index >= 15 is 0 Å². The van der Waals surface area contributed by atoms with Gasteiger partial charge < -0.3 is 5.11 Å². The van der Waals surface area contributed by atoms with Crippen LogP contribution in [0.5, 0.6) is 0 Å². The maximum Gasteiger partial charge on any atom is 0.112 e. The summed E-state index contributed by atoms with van der Waals surface area (Å²) in [7, 11) is 0. The molecule has 0 bridgehead atoms. The van der Waals surface area contributed by atoms with Crippen molar-refractivity contribution in [1.29, 1.82) is 0 Å². The predicted molar refractivity (Wildman–Crippen MR) is 51.3 cm³/mol. The van der Waals surface area contributed by atoms with E-state index in [2.05, 4.69) is 18.8 Å². The van der Waals surface area contributed by atoms with Crippen LogP contribution in [0.4, 0.5) is 0 Å². The first-order valence-electron chi connectivity index (χ1n) is 4.61. The molecule has 1 fully saturated rings.